The second kappa shape index (κ2) is 9.89. The molecule has 1 aliphatic heterocycles. The van der Waals surface area contributed by atoms with E-state index in [2.05, 4.69) is 10.6 Å². The van der Waals surface area contributed by atoms with Crippen LogP contribution in [0.3, 0.4) is 0 Å². The van der Waals surface area contributed by atoms with Crippen molar-refractivity contribution in [1.82, 2.24) is 14.9 Å². The lowest BCUT2D eigenvalue weighted by atomic mass is 9.97. The average molecular weight is 384 g/mol. The van der Waals surface area contributed by atoms with Gasteiger partial charge in [-0.1, -0.05) is 6.92 Å². The molecule has 0 aromatic heterocycles. The van der Waals surface area contributed by atoms with Crippen LogP contribution in [0.1, 0.15) is 26.7 Å². The van der Waals surface area contributed by atoms with E-state index >= 15 is 0 Å². The van der Waals surface area contributed by atoms with Crippen molar-refractivity contribution in [2.45, 2.75) is 31.6 Å². The highest BCUT2D eigenvalue weighted by molar-refractivity contribution is 7.89. The Morgan fingerprint density at radius 2 is 1.81 bits per heavy atom. The van der Waals surface area contributed by atoms with Crippen LogP contribution in [-0.2, 0) is 14.8 Å². The molecule has 1 fully saturated rings. The molecule has 0 spiro atoms. The van der Waals surface area contributed by atoms with Gasteiger partial charge in [0, 0.05) is 32.1 Å². The van der Waals surface area contributed by atoms with Crippen LogP contribution >= 0.6 is 0 Å². The SMILES string of the molecule is CCNCCNC(=O)C1CCN(S(=O)(=O)c2ccc(OCC)cc2)CC1. The number of ether oxygens (including phenoxy) is 1. The van der Waals surface area contributed by atoms with E-state index in [1.54, 1.807) is 24.3 Å². The van der Waals surface area contributed by atoms with Crippen LogP contribution < -0.4 is 15.4 Å². The molecule has 7 nitrogen and oxygen atoms in total. The monoisotopic (exact) mass is 383 g/mol. The van der Waals surface area contributed by atoms with Crippen LogP contribution in [-0.4, -0.2) is 58.0 Å². The minimum atomic E-state index is -3.53. The third kappa shape index (κ3) is 5.43. The summed E-state index contributed by atoms with van der Waals surface area (Å²) in [6, 6.07) is 6.47. The van der Waals surface area contributed by atoms with Gasteiger partial charge in [0.25, 0.3) is 0 Å². The van der Waals surface area contributed by atoms with Crippen LogP contribution in [0.25, 0.3) is 0 Å². The molecule has 26 heavy (non-hydrogen) atoms. The predicted molar refractivity (Wildman–Crippen MR) is 101 cm³/mol. The molecule has 8 heteroatoms. The van der Waals surface area contributed by atoms with E-state index in [0.29, 0.717) is 44.8 Å². The fourth-order valence-corrected chi connectivity index (χ4v) is 4.45. The molecule has 1 saturated heterocycles. The molecule has 1 aromatic rings. The molecule has 0 unspecified atom stereocenters. The Kier molecular flexibility index (Phi) is 7.86. The second-order valence-electron chi connectivity index (χ2n) is 6.23. The van der Waals surface area contributed by atoms with Crippen molar-refractivity contribution in [2.24, 2.45) is 5.92 Å². The largest absolute Gasteiger partial charge is 0.494 e. The lowest BCUT2D eigenvalue weighted by Gasteiger charge is -2.30. The molecular formula is C18H29N3O4S. The van der Waals surface area contributed by atoms with Gasteiger partial charge in [0.05, 0.1) is 11.5 Å². The molecule has 146 valence electrons. The summed E-state index contributed by atoms with van der Waals surface area (Å²) in [5.41, 5.74) is 0. The molecule has 1 aliphatic rings. The zero-order valence-corrected chi connectivity index (χ0v) is 16.3. The van der Waals surface area contributed by atoms with Gasteiger partial charge in [-0.25, -0.2) is 8.42 Å². The Bertz CT molecular complexity index is 668. The molecule has 0 bridgehead atoms. The number of hydrogen-bond acceptors (Lipinski definition) is 5. The van der Waals surface area contributed by atoms with Gasteiger partial charge in [0.1, 0.15) is 5.75 Å². The van der Waals surface area contributed by atoms with Gasteiger partial charge >= 0.3 is 0 Å². The van der Waals surface area contributed by atoms with Crippen molar-refractivity contribution < 1.29 is 17.9 Å². The highest BCUT2D eigenvalue weighted by Crippen LogP contribution is 2.25. The number of carbonyl (C=O) groups excluding carboxylic acids is 1. The highest BCUT2D eigenvalue weighted by atomic mass is 32.2. The maximum atomic E-state index is 12.8. The number of likely N-dealkylation sites (N-methyl/N-ethyl adjacent to an activating group) is 1. The number of nitrogens with one attached hydrogen (secondary N) is 2. The summed E-state index contributed by atoms with van der Waals surface area (Å²) in [7, 11) is -3.53. The molecule has 0 radical (unpaired) electrons. The quantitative estimate of drug-likeness (QED) is 0.626. The zero-order chi connectivity index (χ0) is 19.0. The standard InChI is InChI=1S/C18H29N3O4S/c1-3-19-11-12-20-18(22)15-9-13-21(14-10-15)26(23,24)17-7-5-16(6-8-17)25-4-2/h5-8,15,19H,3-4,9-14H2,1-2H3,(H,20,22). The average Bonchev–Trinajstić information content (AvgIpc) is 2.66. The summed E-state index contributed by atoms with van der Waals surface area (Å²) in [5, 5.41) is 6.06. The van der Waals surface area contributed by atoms with E-state index in [9.17, 15) is 13.2 Å². The zero-order valence-electron chi connectivity index (χ0n) is 15.5. The number of amides is 1. The normalized spacial score (nSPS) is 16.4. The predicted octanol–water partition coefficient (Wildman–Crippen LogP) is 1.21. The summed E-state index contributed by atoms with van der Waals surface area (Å²) in [4.78, 5) is 12.4. The Hall–Kier alpha value is -1.64. The smallest absolute Gasteiger partial charge is 0.243 e. The lowest BCUT2D eigenvalue weighted by molar-refractivity contribution is -0.126. The third-order valence-electron chi connectivity index (χ3n) is 4.45. The van der Waals surface area contributed by atoms with Crippen LogP contribution in [0.15, 0.2) is 29.2 Å². The number of rotatable bonds is 9. The van der Waals surface area contributed by atoms with Gasteiger partial charge in [0.15, 0.2) is 0 Å². The van der Waals surface area contributed by atoms with Gasteiger partial charge in [-0.3, -0.25) is 4.79 Å². The van der Waals surface area contributed by atoms with Gasteiger partial charge < -0.3 is 15.4 Å². The first-order valence-electron chi connectivity index (χ1n) is 9.20. The molecule has 1 amide bonds. The number of sulfonamides is 1. The number of benzene rings is 1. The van der Waals surface area contributed by atoms with Crippen molar-refractivity contribution in [3.05, 3.63) is 24.3 Å². The van der Waals surface area contributed by atoms with Crippen molar-refractivity contribution in [3.63, 3.8) is 0 Å². The summed E-state index contributed by atoms with van der Waals surface area (Å²) >= 11 is 0. The number of nitrogens with zero attached hydrogens (tertiary/aromatic N) is 1. The van der Waals surface area contributed by atoms with E-state index in [1.807, 2.05) is 13.8 Å². The van der Waals surface area contributed by atoms with Crippen molar-refractivity contribution in [3.8, 4) is 5.75 Å². The Balaban J connectivity index is 1.88. The van der Waals surface area contributed by atoms with E-state index in [-0.39, 0.29) is 16.7 Å². The van der Waals surface area contributed by atoms with Crippen LogP contribution in [0, 0.1) is 5.92 Å². The molecule has 0 saturated carbocycles. The molecular weight excluding hydrogens is 354 g/mol. The maximum Gasteiger partial charge on any atom is 0.243 e. The van der Waals surface area contributed by atoms with E-state index in [1.165, 1.54) is 4.31 Å². The lowest BCUT2D eigenvalue weighted by Crippen LogP contribution is -2.44. The summed E-state index contributed by atoms with van der Waals surface area (Å²) in [5.74, 6) is 0.545. The molecule has 2 N–H and O–H groups in total. The second-order valence-corrected chi connectivity index (χ2v) is 8.17. The Morgan fingerprint density at radius 3 is 2.38 bits per heavy atom. The van der Waals surface area contributed by atoms with Crippen LogP contribution in [0.2, 0.25) is 0 Å². The fraction of sp³-hybridized carbons (Fsp3) is 0.611. The molecule has 0 aliphatic carbocycles. The fourth-order valence-electron chi connectivity index (χ4n) is 2.98. The molecule has 1 aromatic carbocycles. The van der Waals surface area contributed by atoms with Gasteiger partial charge in [-0.05, 0) is 50.6 Å². The van der Waals surface area contributed by atoms with Crippen molar-refractivity contribution in [1.29, 1.82) is 0 Å². The maximum absolute atomic E-state index is 12.8. The van der Waals surface area contributed by atoms with Crippen LogP contribution in [0.5, 0.6) is 5.75 Å². The van der Waals surface area contributed by atoms with Gasteiger partial charge in [0.2, 0.25) is 15.9 Å². The summed E-state index contributed by atoms with van der Waals surface area (Å²) < 4.78 is 32.3. The summed E-state index contributed by atoms with van der Waals surface area (Å²) in [6.45, 7) is 7.37. The van der Waals surface area contributed by atoms with Gasteiger partial charge in [-0.2, -0.15) is 4.31 Å². The first-order valence-corrected chi connectivity index (χ1v) is 10.6. The molecule has 1 heterocycles. The Morgan fingerprint density at radius 1 is 1.15 bits per heavy atom. The third-order valence-corrected chi connectivity index (χ3v) is 6.36. The Labute approximate surface area is 156 Å². The van der Waals surface area contributed by atoms with E-state index in [0.717, 1.165) is 13.1 Å². The number of hydrogen-bond donors (Lipinski definition) is 2. The topological polar surface area (TPSA) is 87.7 Å². The summed E-state index contributed by atoms with van der Waals surface area (Å²) in [6.07, 6.45) is 1.09. The first kappa shape index (κ1) is 20.7. The van der Waals surface area contributed by atoms with E-state index < -0.39 is 10.0 Å². The minimum absolute atomic E-state index is 0.0148. The van der Waals surface area contributed by atoms with Gasteiger partial charge in [-0.15, -0.1) is 0 Å². The minimum Gasteiger partial charge on any atom is -0.494 e. The van der Waals surface area contributed by atoms with Crippen LogP contribution in [0.4, 0.5) is 0 Å². The molecule has 2 rings (SSSR count). The first-order chi connectivity index (χ1) is 12.5. The molecule has 0 atom stereocenters. The number of carbonyl (C=O) groups is 1. The van der Waals surface area contributed by atoms with Crippen molar-refractivity contribution >= 4 is 15.9 Å². The van der Waals surface area contributed by atoms with Crippen molar-refractivity contribution in [2.75, 3.05) is 39.3 Å². The number of piperidine rings is 1. The van der Waals surface area contributed by atoms with E-state index in [4.69, 9.17) is 4.74 Å². The highest BCUT2D eigenvalue weighted by Gasteiger charge is 2.31.